The van der Waals surface area contributed by atoms with E-state index in [1.807, 2.05) is 0 Å². The molecule has 5 nitrogen and oxygen atoms in total. The van der Waals surface area contributed by atoms with Crippen molar-refractivity contribution in [2.24, 2.45) is 0 Å². The Morgan fingerprint density at radius 1 is 1.21 bits per heavy atom. The van der Waals surface area contributed by atoms with Gasteiger partial charge in [-0.1, -0.05) is 25.0 Å². The Hall–Kier alpha value is -2.04. The van der Waals surface area contributed by atoms with Crippen molar-refractivity contribution < 1.29 is 19.8 Å². The van der Waals surface area contributed by atoms with Crippen molar-refractivity contribution in [3.63, 3.8) is 0 Å². The van der Waals surface area contributed by atoms with Gasteiger partial charge in [-0.25, -0.2) is 0 Å². The van der Waals surface area contributed by atoms with Gasteiger partial charge in [0.1, 0.15) is 5.75 Å². The second-order valence-corrected chi connectivity index (χ2v) is 5.03. The smallest absolute Gasteiger partial charge is 0.305 e. The molecule has 0 unspecified atom stereocenters. The van der Waals surface area contributed by atoms with E-state index in [0.717, 1.165) is 12.8 Å². The molecule has 1 fully saturated rings. The van der Waals surface area contributed by atoms with E-state index in [4.69, 9.17) is 5.11 Å². The van der Waals surface area contributed by atoms with Crippen molar-refractivity contribution in [2.75, 3.05) is 0 Å². The molecule has 0 heterocycles. The van der Waals surface area contributed by atoms with E-state index in [0.29, 0.717) is 12.8 Å². The number of carboxylic acids is 1. The molecule has 2 rings (SSSR count). The molecule has 0 aromatic heterocycles. The van der Waals surface area contributed by atoms with Crippen molar-refractivity contribution >= 4 is 11.9 Å². The van der Waals surface area contributed by atoms with Crippen LogP contribution in [-0.2, 0) is 4.79 Å². The summed E-state index contributed by atoms with van der Waals surface area (Å²) in [6.07, 6.45) is 3.08. The van der Waals surface area contributed by atoms with E-state index in [2.05, 4.69) is 5.32 Å². The summed E-state index contributed by atoms with van der Waals surface area (Å²) < 4.78 is 0. The molecule has 19 heavy (non-hydrogen) atoms. The minimum atomic E-state index is -0.917. The largest absolute Gasteiger partial charge is 0.507 e. The average molecular weight is 263 g/mol. The fourth-order valence-corrected chi connectivity index (χ4v) is 2.66. The lowest BCUT2D eigenvalue weighted by molar-refractivity contribution is -0.138. The maximum absolute atomic E-state index is 12.1. The number of benzene rings is 1. The van der Waals surface area contributed by atoms with Crippen LogP contribution in [0.3, 0.4) is 0 Å². The predicted molar refractivity (Wildman–Crippen MR) is 69.0 cm³/mol. The summed E-state index contributed by atoms with van der Waals surface area (Å²) in [7, 11) is 0. The summed E-state index contributed by atoms with van der Waals surface area (Å²) in [5, 5.41) is 21.4. The first-order valence-electron chi connectivity index (χ1n) is 6.35. The topological polar surface area (TPSA) is 86.6 Å². The van der Waals surface area contributed by atoms with Gasteiger partial charge in [-0.2, -0.15) is 0 Å². The van der Waals surface area contributed by atoms with Crippen LogP contribution < -0.4 is 5.32 Å². The van der Waals surface area contributed by atoms with Gasteiger partial charge in [0.05, 0.1) is 17.5 Å². The Morgan fingerprint density at radius 2 is 1.84 bits per heavy atom. The molecule has 3 N–H and O–H groups in total. The van der Waals surface area contributed by atoms with E-state index >= 15 is 0 Å². The lowest BCUT2D eigenvalue weighted by Crippen LogP contribution is -2.47. The molecule has 102 valence electrons. The Bertz CT molecular complexity index is 492. The van der Waals surface area contributed by atoms with Gasteiger partial charge in [0.2, 0.25) is 0 Å². The second kappa shape index (κ2) is 5.30. The van der Waals surface area contributed by atoms with Crippen LogP contribution in [0.1, 0.15) is 42.5 Å². The number of hydrogen-bond acceptors (Lipinski definition) is 3. The van der Waals surface area contributed by atoms with Crippen molar-refractivity contribution in [3.05, 3.63) is 29.8 Å². The highest BCUT2D eigenvalue weighted by Gasteiger charge is 2.37. The van der Waals surface area contributed by atoms with Gasteiger partial charge in [0, 0.05) is 0 Å². The molecular weight excluding hydrogens is 246 g/mol. The number of phenols is 1. The van der Waals surface area contributed by atoms with Crippen molar-refractivity contribution in [2.45, 2.75) is 37.6 Å². The number of para-hydroxylation sites is 1. The summed E-state index contributed by atoms with van der Waals surface area (Å²) in [5.74, 6) is -1.43. The first-order chi connectivity index (χ1) is 9.02. The molecule has 1 aromatic rings. The number of amides is 1. The van der Waals surface area contributed by atoms with Gasteiger partial charge in [-0.05, 0) is 25.0 Å². The minimum absolute atomic E-state index is 0.0770. The Kier molecular flexibility index (Phi) is 3.74. The monoisotopic (exact) mass is 263 g/mol. The highest BCUT2D eigenvalue weighted by molar-refractivity contribution is 5.97. The van der Waals surface area contributed by atoms with Crippen LogP contribution in [0, 0.1) is 0 Å². The zero-order valence-electron chi connectivity index (χ0n) is 10.6. The van der Waals surface area contributed by atoms with Gasteiger partial charge in [-0.3, -0.25) is 9.59 Å². The third-order valence-corrected chi connectivity index (χ3v) is 3.58. The molecule has 0 bridgehead atoms. The van der Waals surface area contributed by atoms with E-state index in [9.17, 15) is 14.7 Å². The van der Waals surface area contributed by atoms with Crippen LogP contribution in [0.5, 0.6) is 5.75 Å². The molecule has 5 heteroatoms. The summed E-state index contributed by atoms with van der Waals surface area (Å²) in [6, 6.07) is 6.25. The Morgan fingerprint density at radius 3 is 2.42 bits per heavy atom. The first-order valence-corrected chi connectivity index (χ1v) is 6.35. The van der Waals surface area contributed by atoms with Crippen molar-refractivity contribution in [1.29, 1.82) is 0 Å². The molecule has 1 amide bonds. The lowest BCUT2D eigenvalue weighted by atomic mass is 9.92. The molecule has 1 aromatic carbocycles. The standard InChI is InChI=1S/C14H17NO4/c16-11-6-2-1-5-10(11)13(19)15-14(9-12(17)18)7-3-4-8-14/h1-2,5-6,16H,3-4,7-9H2,(H,15,19)(H,17,18). The number of carbonyl (C=O) groups is 2. The lowest BCUT2D eigenvalue weighted by Gasteiger charge is -2.28. The SMILES string of the molecule is O=C(O)CC1(NC(=O)c2ccccc2O)CCCC1. The number of hydrogen-bond donors (Lipinski definition) is 3. The second-order valence-electron chi connectivity index (χ2n) is 5.03. The first kappa shape index (κ1) is 13.4. The van der Waals surface area contributed by atoms with Crippen molar-refractivity contribution in [3.8, 4) is 5.75 Å². The summed E-state index contributed by atoms with van der Waals surface area (Å²) in [4.78, 5) is 23.1. The zero-order valence-corrected chi connectivity index (χ0v) is 10.6. The number of carbonyl (C=O) groups excluding carboxylic acids is 1. The molecule has 1 aliphatic carbocycles. The number of aliphatic carboxylic acids is 1. The predicted octanol–water partition coefficient (Wildman–Crippen LogP) is 1.91. The van der Waals surface area contributed by atoms with E-state index in [1.165, 1.54) is 12.1 Å². The van der Waals surface area contributed by atoms with Crippen LogP contribution in [0.4, 0.5) is 0 Å². The highest BCUT2D eigenvalue weighted by Crippen LogP contribution is 2.33. The van der Waals surface area contributed by atoms with Crippen LogP contribution in [0.15, 0.2) is 24.3 Å². The van der Waals surface area contributed by atoms with Crippen LogP contribution in [0.25, 0.3) is 0 Å². The third-order valence-electron chi connectivity index (χ3n) is 3.58. The number of nitrogens with one attached hydrogen (secondary N) is 1. The summed E-state index contributed by atoms with van der Waals surface area (Å²) >= 11 is 0. The molecule has 0 aliphatic heterocycles. The van der Waals surface area contributed by atoms with Gasteiger partial charge in [-0.15, -0.1) is 0 Å². The Labute approximate surface area is 111 Å². The van der Waals surface area contributed by atoms with Crippen LogP contribution >= 0.6 is 0 Å². The highest BCUT2D eigenvalue weighted by atomic mass is 16.4. The molecular formula is C14H17NO4. The maximum Gasteiger partial charge on any atom is 0.305 e. The molecule has 0 radical (unpaired) electrons. The van der Waals surface area contributed by atoms with Gasteiger partial charge >= 0.3 is 5.97 Å². The third kappa shape index (κ3) is 3.05. The fraction of sp³-hybridized carbons (Fsp3) is 0.429. The molecule has 0 saturated heterocycles. The molecule has 1 aliphatic rings. The maximum atomic E-state index is 12.1. The zero-order chi connectivity index (χ0) is 13.9. The van der Waals surface area contributed by atoms with Gasteiger partial charge < -0.3 is 15.5 Å². The number of phenolic OH excluding ortho intramolecular Hbond substituents is 1. The molecule has 1 saturated carbocycles. The van der Waals surface area contributed by atoms with Gasteiger partial charge in [0.15, 0.2) is 0 Å². The van der Waals surface area contributed by atoms with E-state index in [1.54, 1.807) is 12.1 Å². The average Bonchev–Trinajstić information content (AvgIpc) is 2.76. The fourth-order valence-electron chi connectivity index (χ4n) is 2.66. The molecule has 0 atom stereocenters. The number of aromatic hydroxyl groups is 1. The van der Waals surface area contributed by atoms with E-state index < -0.39 is 17.4 Å². The number of rotatable bonds is 4. The van der Waals surface area contributed by atoms with Crippen molar-refractivity contribution in [1.82, 2.24) is 5.32 Å². The molecule has 0 spiro atoms. The Balaban J connectivity index is 2.16. The minimum Gasteiger partial charge on any atom is -0.507 e. The van der Waals surface area contributed by atoms with Crippen LogP contribution in [-0.4, -0.2) is 27.6 Å². The van der Waals surface area contributed by atoms with Crippen LogP contribution in [0.2, 0.25) is 0 Å². The number of carboxylic acid groups (broad SMARTS) is 1. The van der Waals surface area contributed by atoms with E-state index in [-0.39, 0.29) is 17.7 Å². The summed E-state index contributed by atoms with van der Waals surface area (Å²) in [6.45, 7) is 0. The normalized spacial score (nSPS) is 17.1. The quantitative estimate of drug-likeness (QED) is 0.774. The summed E-state index contributed by atoms with van der Waals surface area (Å²) in [5.41, 5.74) is -0.496. The van der Waals surface area contributed by atoms with Gasteiger partial charge in [0.25, 0.3) is 5.91 Å².